The molecule has 0 aromatic rings. The Labute approximate surface area is 91.9 Å². The second-order valence-electron chi connectivity index (χ2n) is 4.30. The Kier molecular flexibility index (Phi) is 4.74. The molecular formula is C12H22FNO. The Morgan fingerprint density at radius 1 is 1.33 bits per heavy atom. The van der Waals surface area contributed by atoms with Crippen LogP contribution >= 0.6 is 0 Å². The number of hydrogen-bond acceptors (Lipinski definition) is 1. The Bertz CT molecular complexity index is 224. The topological polar surface area (TPSA) is 23.1 Å². The molecule has 1 unspecified atom stereocenters. The van der Waals surface area contributed by atoms with Gasteiger partial charge in [-0.2, -0.15) is 0 Å². The van der Waals surface area contributed by atoms with E-state index in [0.29, 0.717) is 19.5 Å². The van der Waals surface area contributed by atoms with Gasteiger partial charge in [-0.1, -0.05) is 12.8 Å². The van der Waals surface area contributed by atoms with Crippen molar-refractivity contribution >= 4 is 0 Å². The standard InChI is InChI=1S/C12H22FNO/c1-3-14(15,4-2)12-9-7-5-6-8-11(13)10-12/h10-11H,3-9H2,1-2H3/b12-10+. The van der Waals surface area contributed by atoms with E-state index in [1.165, 1.54) is 0 Å². The Hall–Kier alpha value is -0.410. The first-order valence-corrected chi connectivity index (χ1v) is 6.05. The SMILES string of the molecule is CC[N+]([O-])(CC)/C1=C/C(F)CCCCC1. The van der Waals surface area contributed by atoms with Crippen LogP contribution in [0.15, 0.2) is 11.8 Å². The monoisotopic (exact) mass is 215 g/mol. The largest absolute Gasteiger partial charge is 0.628 e. The summed E-state index contributed by atoms with van der Waals surface area (Å²) in [5.41, 5.74) is 0.757. The molecule has 0 bridgehead atoms. The number of rotatable bonds is 3. The molecule has 1 aliphatic carbocycles. The van der Waals surface area contributed by atoms with Gasteiger partial charge in [0.25, 0.3) is 0 Å². The average Bonchev–Trinajstić information content (AvgIpc) is 2.22. The maximum atomic E-state index is 13.5. The maximum Gasteiger partial charge on any atom is 0.124 e. The summed E-state index contributed by atoms with van der Waals surface area (Å²) in [6.45, 7) is 4.77. The molecule has 0 amide bonds. The van der Waals surface area contributed by atoms with Gasteiger partial charge in [-0.05, 0) is 26.7 Å². The molecule has 0 aromatic heterocycles. The molecule has 0 aliphatic heterocycles. The fraction of sp³-hybridized carbons (Fsp3) is 0.833. The van der Waals surface area contributed by atoms with Crippen LogP contribution in [0.1, 0.15) is 46.0 Å². The highest BCUT2D eigenvalue weighted by Crippen LogP contribution is 2.26. The highest BCUT2D eigenvalue weighted by atomic mass is 19.1. The minimum atomic E-state index is -0.912. The Morgan fingerprint density at radius 3 is 2.60 bits per heavy atom. The number of quaternary nitrogens is 1. The van der Waals surface area contributed by atoms with E-state index in [0.717, 1.165) is 31.4 Å². The fourth-order valence-corrected chi connectivity index (χ4v) is 2.17. The average molecular weight is 215 g/mol. The molecular weight excluding hydrogens is 193 g/mol. The van der Waals surface area contributed by atoms with Crippen molar-refractivity contribution in [1.29, 1.82) is 0 Å². The molecule has 0 saturated heterocycles. The van der Waals surface area contributed by atoms with Crippen LogP contribution in [0.5, 0.6) is 0 Å². The summed E-state index contributed by atoms with van der Waals surface area (Å²) < 4.78 is 13.1. The molecule has 2 nitrogen and oxygen atoms in total. The van der Waals surface area contributed by atoms with E-state index < -0.39 is 6.17 Å². The van der Waals surface area contributed by atoms with Crippen LogP contribution in [0, 0.1) is 5.21 Å². The van der Waals surface area contributed by atoms with Crippen LogP contribution in [0.4, 0.5) is 4.39 Å². The second-order valence-corrected chi connectivity index (χ2v) is 4.30. The van der Waals surface area contributed by atoms with Crippen molar-refractivity contribution in [1.82, 2.24) is 0 Å². The predicted octanol–water partition coefficient (Wildman–Crippen LogP) is 3.53. The zero-order valence-electron chi connectivity index (χ0n) is 9.84. The molecule has 0 heterocycles. The summed E-state index contributed by atoms with van der Waals surface area (Å²) in [6, 6.07) is 0. The summed E-state index contributed by atoms with van der Waals surface area (Å²) in [4.78, 5) is 0. The molecule has 0 radical (unpaired) electrons. The van der Waals surface area contributed by atoms with E-state index in [1.807, 2.05) is 13.8 Å². The van der Waals surface area contributed by atoms with Gasteiger partial charge >= 0.3 is 0 Å². The minimum absolute atomic E-state index is 0.333. The number of hydrogen-bond donors (Lipinski definition) is 0. The third-order valence-corrected chi connectivity index (χ3v) is 3.33. The quantitative estimate of drug-likeness (QED) is 0.521. The molecule has 0 spiro atoms. The molecule has 1 aliphatic rings. The summed E-state index contributed by atoms with van der Waals surface area (Å²) in [5.74, 6) is 0. The van der Waals surface area contributed by atoms with Gasteiger partial charge in [-0.25, -0.2) is 4.39 Å². The molecule has 0 saturated carbocycles. The Balaban J connectivity index is 2.82. The van der Waals surface area contributed by atoms with Crippen molar-refractivity contribution in [3.63, 3.8) is 0 Å². The van der Waals surface area contributed by atoms with Crippen LogP contribution in [-0.4, -0.2) is 23.9 Å². The third kappa shape index (κ3) is 3.28. The van der Waals surface area contributed by atoms with Crippen LogP contribution in [0.25, 0.3) is 0 Å². The number of allylic oxidation sites excluding steroid dienone is 2. The van der Waals surface area contributed by atoms with Crippen LogP contribution < -0.4 is 0 Å². The number of alkyl halides is 1. The molecule has 88 valence electrons. The number of halogens is 1. The number of hydroxylamine groups is 3. The summed E-state index contributed by atoms with van der Waals surface area (Å²) in [7, 11) is 0. The van der Waals surface area contributed by atoms with E-state index in [4.69, 9.17) is 0 Å². The van der Waals surface area contributed by atoms with E-state index in [2.05, 4.69) is 0 Å². The highest BCUT2D eigenvalue weighted by Gasteiger charge is 2.22. The minimum Gasteiger partial charge on any atom is -0.628 e. The molecule has 0 fully saturated rings. The van der Waals surface area contributed by atoms with Gasteiger partial charge in [-0.3, -0.25) is 0 Å². The second kappa shape index (κ2) is 5.61. The van der Waals surface area contributed by atoms with Crippen molar-refractivity contribution in [3.05, 3.63) is 17.0 Å². The lowest BCUT2D eigenvalue weighted by molar-refractivity contribution is -0.840. The molecule has 15 heavy (non-hydrogen) atoms. The predicted molar refractivity (Wildman–Crippen MR) is 60.8 cm³/mol. The van der Waals surface area contributed by atoms with E-state index in [1.54, 1.807) is 6.08 Å². The van der Waals surface area contributed by atoms with Gasteiger partial charge in [0.15, 0.2) is 0 Å². The van der Waals surface area contributed by atoms with Crippen molar-refractivity contribution in [2.45, 2.75) is 52.1 Å². The number of nitrogens with zero attached hydrogens (tertiary/aromatic N) is 1. The van der Waals surface area contributed by atoms with Crippen molar-refractivity contribution in [2.24, 2.45) is 0 Å². The van der Waals surface area contributed by atoms with Crippen LogP contribution in [0.2, 0.25) is 0 Å². The fourth-order valence-electron chi connectivity index (χ4n) is 2.17. The van der Waals surface area contributed by atoms with Gasteiger partial charge in [0.05, 0.1) is 13.1 Å². The first-order chi connectivity index (χ1) is 7.12. The van der Waals surface area contributed by atoms with E-state index in [-0.39, 0.29) is 4.65 Å². The van der Waals surface area contributed by atoms with Gasteiger partial charge < -0.3 is 9.85 Å². The third-order valence-electron chi connectivity index (χ3n) is 3.33. The lowest BCUT2D eigenvalue weighted by atomic mass is 10.0. The first kappa shape index (κ1) is 12.7. The van der Waals surface area contributed by atoms with Gasteiger partial charge in [0.1, 0.15) is 11.9 Å². The normalized spacial score (nSPS) is 27.7. The van der Waals surface area contributed by atoms with Crippen molar-refractivity contribution < 1.29 is 9.04 Å². The first-order valence-electron chi connectivity index (χ1n) is 6.05. The molecule has 0 N–H and O–H groups in total. The lowest BCUT2D eigenvalue weighted by Crippen LogP contribution is -2.41. The van der Waals surface area contributed by atoms with Crippen LogP contribution in [0.3, 0.4) is 0 Å². The smallest absolute Gasteiger partial charge is 0.124 e. The van der Waals surface area contributed by atoms with Crippen molar-refractivity contribution in [2.75, 3.05) is 13.1 Å². The van der Waals surface area contributed by atoms with E-state index >= 15 is 0 Å². The summed E-state index contributed by atoms with van der Waals surface area (Å²) in [6.07, 6.45) is 5.04. The van der Waals surface area contributed by atoms with Gasteiger partial charge in [0.2, 0.25) is 0 Å². The van der Waals surface area contributed by atoms with Gasteiger partial charge in [0, 0.05) is 12.5 Å². The molecule has 1 atom stereocenters. The zero-order chi connectivity index (χ0) is 11.3. The Morgan fingerprint density at radius 2 is 2.00 bits per heavy atom. The summed E-state index contributed by atoms with van der Waals surface area (Å²) in [5, 5.41) is 12.3. The molecule has 0 aromatic carbocycles. The van der Waals surface area contributed by atoms with Crippen LogP contribution in [-0.2, 0) is 0 Å². The van der Waals surface area contributed by atoms with E-state index in [9.17, 15) is 9.60 Å². The lowest BCUT2D eigenvalue weighted by Gasteiger charge is -2.43. The summed E-state index contributed by atoms with van der Waals surface area (Å²) >= 11 is 0. The zero-order valence-corrected chi connectivity index (χ0v) is 9.84. The highest BCUT2D eigenvalue weighted by molar-refractivity contribution is 5.00. The van der Waals surface area contributed by atoms with Gasteiger partial charge in [-0.15, -0.1) is 0 Å². The molecule has 3 heteroatoms. The van der Waals surface area contributed by atoms with Crippen molar-refractivity contribution in [3.8, 4) is 0 Å². The maximum absolute atomic E-state index is 13.5. The molecule has 1 rings (SSSR count).